The predicted octanol–water partition coefficient (Wildman–Crippen LogP) is 0.849. The number of hydrogen-bond donors (Lipinski definition) is 1. The second-order valence-corrected chi connectivity index (χ2v) is 2.54. The van der Waals surface area contributed by atoms with Gasteiger partial charge in [-0.25, -0.2) is 9.78 Å². The second-order valence-electron chi connectivity index (χ2n) is 2.54. The number of methoxy groups -OCH3 is 1. The summed E-state index contributed by atoms with van der Waals surface area (Å²) in [6.45, 7) is 2.02. The van der Waals surface area contributed by atoms with Crippen LogP contribution in [0, 0.1) is 0 Å². The van der Waals surface area contributed by atoms with Crippen LogP contribution in [0.4, 0.5) is 5.69 Å². The van der Waals surface area contributed by atoms with Gasteiger partial charge in [0.15, 0.2) is 11.4 Å². The largest absolute Gasteiger partial charge is 0.494 e. The van der Waals surface area contributed by atoms with Crippen molar-refractivity contribution in [2.24, 2.45) is 0 Å². The Bertz CT molecular complexity index is 339. The van der Waals surface area contributed by atoms with E-state index in [2.05, 4.69) is 4.98 Å². The maximum atomic E-state index is 11.3. The molecule has 5 nitrogen and oxygen atoms in total. The van der Waals surface area contributed by atoms with Crippen molar-refractivity contribution in [2.45, 2.75) is 6.92 Å². The molecule has 0 fully saturated rings. The average Bonchev–Trinajstić information content (AvgIpc) is 2.17. The van der Waals surface area contributed by atoms with Gasteiger partial charge in [0, 0.05) is 6.07 Å². The minimum Gasteiger partial charge on any atom is -0.494 e. The summed E-state index contributed by atoms with van der Waals surface area (Å²) >= 11 is 0. The monoisotopic (exact) mass is 196 g/mol. The zero-order valence-corrected chi connectivity index (χ0v) is 8.11. The van der Waals surface area contributed by atoms with Crippen molar-refractivity contribution >= 4 is 11.7 Å². The summed E-state index contributed by atoms with van der Waals surface area (Å²) in [4.78, 5) is 15.2. The summed E-state index contributed by atoms with van der Waals surface area (Å²) in [5.41, 5.74) is 6.06. The van der Waals surface area contributed by atoms with E-state index in [9.17, 15) is 4.79 Å². The van der Waals surface area contributed by atoms with E-state index in [0.717, 1.165) is 0 Å². The van der Waals surface area contributed by atoms with Gasteiger partial charge in [0.25, 0.3) is 0 Å². The molecule has 0 spiro atoms. The van der Waals surface area contributed by atoms with Crippen molar-refractivity contribution in [2.75, 3.05) is 19.5 Å². The maximum absolute atomic E-state index is 11.3. The molecular formula is C9H12N2O3. The van der Waals surface area contributed by atoms with E-state index in [4.69, 9.17) is 15.2 Å². The summed E-state index contributed by atoms with van der Waals surface area (Å²) in [6.07, 6.45) is 1.38. The summed E-state index contributed by atoms with van der Waals surface area (Å²) in [7, 11) is 1.44. The van der Waals surface area contributed by atoms with Crippen molar-refractivity contribution in [3.05, 3.63) is 18.0 Å². The Morgan fingerprint density at radius 2 is 2.36 bits per heavy atom. The van der Waals surface area contributed by atoms with Crippen molar-refractivity contribution in [3.8, 4) is 5.75 Å². The predicted molar refractivity (Wildman–Crippen MR) is 51.2 cm³/mol. The lowest BCUT2D eigenvalue weighted by Crippen LogP contribution is -2.09. The average molecular weight is 196 g/mol. The van der Waals surface area contributed by atoms with Crippen LogP contribution in [0.3, 0.4) is 0 Å². The number of esters is 1. The van der Waals surface area contributed by atoms with E-state index in [1.54, 1.807) is 6.92 Å². The van der Waals surface area contributed by atoms with Gasteiger partial charge in [0.05, 0.1) is 25.6 Å². The van der Waals surface area contributed by atoms with Gasteiger partial charge < -0.3 is 15.2 Å². The second kappa shape index (κ2) is 4.45. The normalized spacial score (nSPS) is 9.57. The Hall–Kier alpha value is -1.78. The number of hydrogen-bond acceptors (Lipinski definition) is 5. The molecule has 0 aromatic carbocycles. The highest BCUT2D eigenvalue weighted by Crippen LogP contribution is 2.19. The van der Waals surface area contributed by atoms with Gasteiger partial charge in [0.1, 0.15) is 0 Å². The van der Waals surface area contributed by atoms with Gasteiger partial charge in [-0.05, 0) is 6.92 Å². The highest BCUT2D eigenvalue weighted by Gasteiger charge is 2.14. The lowest BCUT2D eigenvalue weighted by Gasteiger charge is -2.06. The smallest absolute Gasteiger partial charge is 0.360 e. The fourth-order valence-corrected chi connectivity index (χ4v) is 0.968. The number of carbonyl (C=O) groups excluding carboxylic acids is 1. The number of ether oxygens (including phenoxy) is 2. The molecule has 14 heavy (non-hydrogen) atoms. The van der Waals surface area contributed by atoms with E-state index < -0.39 is 5.97 Å². The highest BCUT2D eigenvalue weighted by molar-refractivity contribution is 5.90. The first-order valence-corrected chi connectivity index (χ1v) is 4.15. The Morgan fingerprint density at radius 1 is 1.64 bits per heavy atom. The molecule has 0 amide bonds. The van der Waals surface area contributed by atoms with Gasteiger partial charge >= 0.3 is 5.97 Å². The van der Waals surface area contributed by atoms with Gasteiger partial charge in [0.2, 0.25) is 0 Å². The number of pyridine rings is 1. The lowest BCUT2D eigenvalue weighted by molar-refractivity contribution is 0.0515. The molecule has 0 saturated carbocycles. The molecule has 0 aliphatic carbocycles. The molecule has 0 aliphatic rings. The maximum Gasteiger partial charge on any atom is 0.360 e. The first kappa shape index (κ1) is 10.3. The fraction of sp³-hybridized carbons (Fsp3) is 0.333. The van der Waals surface area contributed by atoms with Gasteiger partial charge in [-0.3, -0.25) is 0 Å². The summed E-state index contributed by atoms with van der Waals surface area (Å²) in [5.74, 6) is -0.187. The van der Waals surface area contributed by atoms with Gasteiger partial charge in [-0.15, -0.1) is 0 Å². The standard InChI is InChI=1S/C9H12N2O3/c1-3-14-9(12)8-7(13-2)4-6(10)5-11-8/h4-5H,3,10H2,1-2H3. The molecule has 5 heteroatoms. The molecule has 0 atom stereocenters. The van der Waals surface area contributed by atoms with E-state index in [1.807, 2.05) is 0 Å². The van der Waals surface area contributed by atoms with Crippen molar-refractivity contribution in [1.29, 1.82) is 0 Å². The Balaban J connectivity index is 3.01. The molecule has 0 aliphatic heterocycles. The van der Waals surface area contributed by atoms with Crippen LogP contribution in [-0.4, -0.2) is 24.7 Å². The summed E-state index contributed by atoms with van der Waals surface area (Å²) in [5, 5.41) is 0. The molecule has 1 rings (SSSR count). The molecule has 0 unspecified atom stereocenters. The van der Waals surface area contributed by atoms with Gasteiger partial charge in [-0.1, -0.05) is 0 Å². The highest BCUT2D eigenvalue weighted by atomic mass is 16.5. The van der Waals surface area contributed by atoms with Crippen LogP contribution < -0.4 is 10.5 Å². The number of nitrogen functional groups attached to an aromatic ring is 1. The zero-order chi connectivity index (χ0) is 10.6. The number of aromatic nitrogens is 1. The fourth-order valence-electron chi connectivity index (χ4n) is 0.968. The Morgan fingerprint density at radius 3 is 2.93 bits per heavy atom. The first-order chi connectivity index (χ1) is 6.69. The molecule has 0 saturated heterocycles. The zero-order valence-electron chi connectivity index (χ0n) is 8.11. The lowest BCUT2D eigenvalue weighted by atomic mass is 10.3. The molecule has 0 bridgehead atoms. The molecule has 2 N–H and O–H groups in total. The van der Waals surface area contributed by atoms with Crippen LogP contribution in [-0.2, 0) is 4.74 Å². The molecule has 1 heterocycles. The summed E-state index contributed by atoms with van der Waals surface area (Å²) < 4.78 is 9.74. The van der Waals surface area contributed by atoms with Crippen LogP contribution in [0.15, 0.2) is 12.3 Å². The van der Waals surface area contributed by atoms with Crippen LogP contribution in [0.1, 0.15) is 17.4 Å². The van der Waals surface area contributed by atoms with Gasteiger partial charge in [-0.2, -0.15) is 0 Å². The Labute approximate surface area is 81.8 Å². The number of carbonyl (C=O) groups is 1. The topological polar surface area (TPSA) is 74.4 Å². The molecule has 1 aromatic heterocycles. The Kier molecular flexibility index (Phi) is 3.28. The minimum atomic E-state index is -0.510. The molecule has 76 valence electrons. The number of rotatable bonds is 3. The van der Waals surface area contributed by atoms with E-state index in [0.29, 0.717) is 18.0 Å². The van der Waals surface area contributed by atoms with Crippen molar-refractivity contribution in [3.63, 3.8) is 0 Å². The molecule has 1 aromatic rings. The van der Waals surface area contributed by atoms with Crippen LogP contribution in [0.2, 0.25) is 0 Å². The van der Waals surface area contributed by atoms with E-state index >= 15 is 0 Å². The third-order valence-electron chi connectivity index (χ3n) is 1.56. The van der Waals surface area contributed by atoms with Crippen LogP contribution in [0.25, 0.3) is 0 Å². The van der Waals surface area contributed by atoms with Crippen LogP contribution >= 0.6 is 0 Å². The molecule has 0 radical (unpaired) electrons. The van der Waals surface area contributed by atoms with Crippen molar-refractivity contribution < 1.29 is 14.3 Å². The quantitative estimate of drug-likeness (QED) is 0.725. The number of nitrogens with zero attached hydrogens (tertiary/aromatic N) is 1. The third-order valence-corrected chi connectivity index (χ3v) is 1.56. The number of nitrogens with two attached hydrogens (primary N) is 1. The van der Waals surface area contributed by atoms with Crippen LogP contribution in [0.5, 0.6) is 5.75 Å². The molecular weight excluding hydrogens is 184 g/mol. The first-order valence-electron chi connectivity index (χ1n) is 4.15. The third kappa shape index (κ3) is 2.12. The van der Waals surface area contributed by atoms with E-state index in [1.165, 1.54) is 19.4 Å². The summed E-state index contributed by atoms with van der Waals surface area (Å²) in [6, 6.07) is 1.53. The van der Waals surface area contributed by atoms with E-state index in [-0.39, 0.29) is 5.69 Å². The number of anilines is 1. The minimum absolute atomic E-state index is 0.142. The SMILES string of the molecule is CCOC(=O)c1ncc(N)cc1OC. The van der Waals surface area contributed by atoms with Crippen molar-refractivity contribution in [1.82, 2.24) is 4.98 Å².